The normalized spacial score (nSPS) is 9.44. The quantitative estimate of drug-likeness (QED) is 0.508. The molecule has 0 fully saturated rings. The number of aryl methyl sites for hydroxylation is 2. The molecule has 0 aliphatic carbocycles. The maximum atomic E-state index is 10.7. The van der Waals surface area contributed by atoms with Crippen molar-refractivity contribution in [3.63, 3.8) is 0 Å². The monoisotopic (exact) mass is 268 g/mol. The molecule has 0 radical (unpaired) electrons. The third-order valence-corrected chi connectivity index (χ3v) is 2.23. The lowest BCUT2D eigenvalue weighted by Crippen LogP contribution is -2.22. The Labute approximate surface area is 106 Å². The Bertz CT molecular complexity index is 687. The van der Waals surface area contributed by atoms with Crippen molar-refractivity contribution in [1.29, 1.82) is 0 Å². The van der Waals surface area contributed by atoms with Crippen LogP contribution in [-0.4, -0.2) is 19.9 Å². The molecule has 0 saturated heterocycles. The van der Waals surface area contributed by atoms with E-state index in [9.17, 15) is 14.4 Å². The van der Waals surface area contributed by atoms with Crippen LogP contribution in [0.15, 0.2) is 26.8 Å². The molecule has 2 rings (SSSR count). The van der Waals surface area contributed by atoms with Gasteiger partial charge in [0.15, 0.2) is 4.77 Å². The smallest absolute Gasteiger partial charge is 0.325 e. The van der Waals surface area contributed by atoms with E-state index in [0.29, 0.717) is 15.9 Å². The van der Waals surface area contributed by atoms with Crippen LogP contribution in [0.3, 0.4) is 0 Å². The third kappa shape index (κ3) is 3.98. The highest BCUT2D eigenvalue weighted by Crippen LogP contribution is 1.79. The van der Waals surface area contributed by atoms with E-state index >= 15 is 0 Å². The molecule has 0 saturated carbocycles. The molecule has 7 nitrogen and oxygen atoms in total. The molecule has 0 aromatic carbocycles. The van der Waals surface area contributed by atoms with Gasteiger partial charge in [0.2, 0.25) is 0 Å². The summed E-state index contributed by atoms with van der Waals surface area (Å²) >= 11 is 4.65. The minimum Gasteiger partial charge on any atom is -0.338 e. The summed E-state index contributed by atoms with van der Waals surface area (Å²) in [5.74, 6) is 0. The molecule has 4 N–H and O–H groups in total. The molecule has 0 amide bonds. The Morgan fingerprint density at radius 2 is 1.39 bits per heavy atom. The standard InChI is InChI=1S/C5H6N2O2.C5H6N2OS/c2*1-3-2-6-5(9)7-4(3)8/h2*2H,1H3,(H2,6,7,8,9). The fourth-order valence-electron chi connectivity index (χ4n) is 0.954. The molecule has 2 aromatic heterocycles. The van der Waals surface area contributed by atoms with Gasteiger partial charge in [0.25, 0.3) is 11.1 Å². The van der Waals surface area contributed by atoms with Gasteiger partial charge in [-0.2, -0.15) is 0 Å². The maximum absolute atomic E-state index is 10.7. The van der Waals surface area contributed by atoms with E-state index in [4.69, 9.17) is 0 Å². The lowest BCUT2D eigenvalue weighted by atomic mass is 10.4. The summed E-state index contributed by atoms with van der Waals surface area (Å²) < 4.78 is 0.366. The van der Waals surface area contributed by atoms with Crippen molar-refractivity contribution in [2.75, 3.05) is 0 Å². The predicted octanol–water partition coefficient (Wildman–Crippen LogP) is 0.113. The SMILES string of the molecule is Cc1c[nH]c(=O)[nH]c1=O.Cc1c[nH]c(=S)[nH]c1=O. The highest BCUT2D eigenvalue weighted by molar-refractivity contribution is 7.71. The predicted molar refractivity (Wildman–Crippen MR) is 69.4 cm³/mol. The van der Waals surface area contributed by atoms with Crippen LogP contribution in [0.5, 0.6) is 0 Å². The van der Waals surface area contributed by atoms with Crippen molar-refractivity contribution in [2.45, 2.75) is 13.8 Å². The van der Waals surface area contributed by atoms with Crippen molar-refractivity contribution in [2.24, 2.45) is 0 Å². The van der Waals surface area contributed by atoms with Gasteiger partial charge in [-0.15, -0.1) is 0 Å². The first-order chi connectivity index (χ1) is 8.40. The van der Waals surface area contributed by atoms with Crippen LogP contribution in [0.25, 0.3) is 0 Å². The van der Waals surface area contributed by atoms with E-state index in [2.05, 4.69) is 32.2 Å². The fourth-order valence-corrected chi connectivity index (χ4v) is 1.11. The summed E-state index contributed by atoms with van der Waals surface area (Å²) in [5, 5.41) is 0. The lowest BCUT2D eigenvalue weighted by molar-refractivity contribution is 1.01. The molecule has 8 heteroatoms. The van der Waals surface area contributed by atoms with Crippen molar-refractivity contribution in [3.05, 3.63) is 59.5 Å². The topological polar surface area (TPSA) is 114 Å². The van der Waals surface area contributed by atoms with Crippen LogP contribution in [0.1, 0.15) is 11.1 Å². The van der Waals surface area contributed by atoms with Crippen molar-refractivity contribution in [1.82, 2.24) is 19.9 Å². The molecule has 2 aromatic rings. The Hall–Kier alpha value is -2.22. The summed E-state index contributed by atoms with van der Waals surface area (Å²) in [6.45, 7) is 3.33. The number of H-pyrrole nitrogens is 4. The number of hydrogen-bond acceptors (Lipinski definition) is 4. The van der Waals surface area contributed by atoms with Gasteiger partial charge in [-0.3, -0.25) is 19.6 Å². The molecule has 96 valence electrons. The molecular formula is C10H12N4O3S. The third-order valence-electron chi connectivity index (χ3n) is 2.01. The second-order valence-corrected chi connectivity index (χ2v) is 3.92. The van der Waals surface area contributed by atoms with E-state index in [1.807, 2.05) is 0 Å². The largest absolute Gasteiger partial charge is 0.338 e. The second kappa shape index (κ2) is 5.92. The number of nitrogens with one attached hydrogen (secondary N) is 4. The van der Waals surface area contributed by atoms with E-state index in [-0.39, 0.29) is 11.1 Å². The summed E-state index contributed by atoms with van der Waals surface area (Å²) in [5.41, 5.74) is 0.223. The summed E-state index contributed by atoms with van der Waals surface area (Å²) in [7, 11) is 0. The van der Waals surface area contributed by atoms with Crippen LogP contribution in [0.2, 0.25) is 0 Å². The zero-order chi connectivity index (χ0) is 13.7. The van der Waals surface area contributed by atoms with E-state index in [1.54, 1.807) is 20.0 Å². The van der Waals surface area contributed by atoms with Crippen molar-refractivity contribution >= 4 is 12.2 Å². The average Bonchev–Trinajstić information content (AvgIpc) is 2.30. The first-order valence-corrected chi connectivity index (χ1v) is 5.38. The van der Waals surface area contributed by atoms with Gasteiger partial charge in [0, 0.05) is 23.5 Å². The van der Waals surface area contributed by atoms with Crippen molar-refractivity contribution in [3.8, 4) is 0 Å². The fraction of sp³-hybridized carbons (Fsp3) is 0.200. The van der Waals surface area contributed by atoms with E-state index in [1.165, 1.54) is 6.20 Å². The van der Waals surface area contributed by atoms with Crippen LogP contribution >= 0.6 is 12.2 Å². The highest BCUT2D eigenvalue weighted by atomic mass is 32.1. The zero-order valence-electron chi connectivity index (χ0n) is 9.79. The number of aromatic nitrogens is 4. The van der Waals surface area contributed by atoms with Crippen molar-refractivity contribution < 1.29 is 0 Å². The Kier molecular flexibility index (Phi) is 4.55. The lowest BCUT2D eigenvalue weighted by Gasteiger charge is -1.86. The van der Waals surface area contributed by atoms with E-state index < -0.39 is 5.69 Å². The number of hydrogen-bond donors (Lipinski definition) is 4. The van der Waals surface area contributed by atoms with Crippen LogP contribution in [-0.2, 0) is 0 Å². The Morgan fingerprint density at radius 3 is 1.78 bits per heavy atom. The molecule has 0 aliphatic heterocycles. The Balaban J connectivity index is 0.000000180. The summed E-state index contributed by atoms with van der Waals surface area (Å²) in [4.78, 5) is 41.1. The number of aromatic amines is 4. The van der Waals surface area contributed by atoms with Gasteiger partial charge >= 0.3 is 5.69 Å². The Morgan fingerprint density at radius 1 is 0.889 bits per heavy atom. The van der Waals surface area contributed by atoms with Gasteiger partial charge in [0.1, 0.15) is 0 Å². The minimum absolute atomic E-state index is 0.126. The molecule has 2 heterocycles. The second-order valence-electron chi connectivity index (χ2n) is 3.51. The van der Waals surface area contributed by atoms with Crippen LogP contribution in [0.4, 0.5) is 0 Å². The van der Waals surface area contributed by atoms with Gasteiger partial charge in [-0.1, -0.05) is 0 Å². The molecule has 0 spiro atoms. The molecular weight excluding hydrogens is 256 g/mol. The van der Waals surface area contributed by atoms with E-state index in [0.717, 1.165) is 0 Å². The molecule has 0 aliphatic rings. The van der Waals surface area contributed by atoms with Crippen LogP contribution in [0, 0.1) is 18.6 Å². The van der Waals surface area contributed by atoms with Crippen LogP contribution < -0.4 is 16.8 Å². The molecule has 0 bridgehead atoms. The maximum Gasteiger partial charge on any atom is 0.325 e. The first kappa shape index (κ1) is 13.8. The zero-order valence-corrected chi connectivity index (χ0v) is 10.6. The summed E-state index contributed by atoms with van der Waals surface area (Å²) in [6.07, 6.45) is 2.96. The van der Waals surface area contributed by atoms with Gasteiger partial charge in [0.05, 0.1) is 0 Å². The van der Waals surface area contributed by atoms with Gasteiger partial charge < -0.3 is 9.97 Å². The van der Waals surface area contributed by atoms with Gasteiger partial charge in [-0.25, -0.2) is 4.79 Å². The molecule has 0 atom stereocenters. The number of rotatable bonds is 0. The first-order valence-electron chi connectivity index (χ1n) is 4.97. The van der Waals surface area contributed by atoms with Gasteiger partial charge in [-0.05, 0) is 26.1 Å². The molecule has 0 unspecified atom stereocenters. The summed E-state index contributed by atoms with van der Waals surface area (Å²) in [6, 6.07) is 0. The highest BCUT2D eigenvalue weighted by Gasteiger charge is 1.89. The minimum atomic E-state index is -0.467. The molecule has 18 heavy (non-hydrogen) atoms. The average molecular weight is 268 g/mol.